The van der Waals surface area contributed by atoms with Crippen LogP contribution in [0.1, 0.15) is 49.1 Å². The summed E-state index contributed by atoms with van der Waals surface area (Å²) < 4.78 is 4.75. The minimum Gasteiger partial charge on any atom is -0.345 e. The lowest BCUT2D eigenvalue weighted by molar-refractivity contribution is 0.506. The van der Waals surface area contributed by atoms with Crippen molar-refractivity contribution >= 4 is 44.5 Å². The van der Waals surface area contributed by atoms with Gasteiger partial charge in [-0.25, -0.2) is 0 Å². The molecule has 2 aromatic heterocycles. The number of benzene rings is 5. The number of hydrogen-bond donors (Lipinski definition) is 0. The van der Waals surface area contributed by atoms with Crippen molar-refractivity contribution in [2.75, 3.05) is 6.54 Å². The van der Waals surface area contributed by atoms with Crippen LogP contribution in [0.4, 0.5) is 0 Å². The van der Waals surface area contributed by atoms with Crippen LogP contribution in [-0.4, -0.2) is 20.6 Å². The third-order valence-electron chi connectivity index (χ3n) is 10.3. The van der Waals surface area contributed by atoms with Gasteiger partial charge in [-0.2, -0.15) is 5.26 Å². The monoisotopic (exact) mass is 660 g/mol. The Kier molecular flexibility index (Phi) is 8.26. The zero-order valence-electron chi connectivity index (χ0n) is 29.4. The molecule has 0 N–H and O–H groups in total. The maximum Gasteiger partial charge on any atom is 0.0991 e. The number of nitriles is 1. The topological polar surface area (TPSA) is 36.9 Å². The van der Waals surface area contributed by atoms with Crippen LogP contribution < -0.4 is 0 Å². The van der Waals surface area contributed by atoms with Crippen LogP contribution in [0.2, 0.25) is 0 Å². The van der Waals surface area contributed by atoms with Gasteiger partial charge in [0.2, 0.25) is 0 Å². The first-order chi connectivity index (χ1) is 25.0. The first-order valence-electron chi connectivity index (χ1n) is 17.8. The molecule has 0 unspecified atom stereocenters. The highest BCUT2D eigenvalue weighted by molar-refractivity contribution is 6.10. The van der Waals surface area contributed by atoms with Crippen molar-refractivity contribution in [1.82, 2.24) is 14.0 Å². The second-order valence-corrected chi connectivity index (χ2v) is 13.1. The number of nitrogens with zero attached hydrogens (tertiary/aromatic N) is 4. The first-order valence-corrected chi connectivity index (χ1v) is 17.8. The van der Waals surface area contributed by atoms with E-state index in [1.165, 1.54) is 38.6 Å². The molecule has 0 radical (unpaired) electrons. The van der Waals surface area contributed by atoms with Crippen LogP contribution in [0.3, 0.4) is 0 Å². The molecule has 8 rings (SSSR count). The van der Waals surface area contributed by atoms with Gasteiger partial charge >= 0.3 is 0 Å². The zero-order valence-corrected chi connectivity index (χ0v) is 29.4. The predicted octanol–water partition coefficient (Wildman–Crippen LogP) is 12.1. The highest BCUT2D eigenvalue weighted by Gasteiger charge is 2.22. The fourth-order valence-corrected chi connectivity index (χ4v) is 7.88. The van der Waals surface area contributed by atoms with Crippen molar-refractivity contribution in [1.29, 1.82) is 5.26 Å². The Morgan fingerprint density at radius 3 is 2.27 bits per heavy atom. The Balaban J connectivity index is 1.41. The Morgan fingerprint density at radius 1 is 0.765 bits per heavy atom. The second-order valence-electron chi connectivity index (χ2n) is 13.1. The normalized spacial score (nSPS) is 13.5. The van der Waals surface area contributed by atoms with Gasteiger partial charge in [0.05, 0.1) is 28.2 Å². The summed E-state index contributed by atoms with van der Waals surface area (Å²) in [6.07, 6.45) is 12.7. The SMILES string of the molecule is C=Cc1c(C)c2ccccc2n1-c1ccc2c3ccccc3n(-c3cc(C4=CCCN4/C(=C/C=C\C)CC)cc(-c4cccc(C#N)c4)c3)c2c1. The van der Waals surface area contributed by atoms with E-state index in [2.05, 4.69) is 163 Å². The number of rotatable bonds is 8. The van der Waals surface area contributed by atoms with Gasteiger partial charge in [-0.1, -0.05) is 86.3 Å². The van der Waals surface area contributed by atoms with Crippen LogP contribution in [0, 0.1) is 18.3 Å². The van der Waals surface area contributed by atoms with E-state index in [1.807, 2.05) is 24.3 Å². The Bertz CT molecular complexity index is 2630. The summed E-state index contributed by atoms with van der Waals surface area (Å²) in [6, 6.07) is 41.3. The van der Waals surface area contributed by atoms with E-state index < -0.39 is 0 Å². The van der Waals surface area contributed by atoms with E-state index >= 15 is 0 Å². The van der Waals surface area contributed by atoms with Gasteiger partial charge in [0.25, 0.3) is 0 Å². The summed E-state index contributed by atoms with van der Waals surface area (Å²) >= 11 is 0. The molecule has 1 aliphatic heterocycles. The molecule has 0 saturated carbocycles. The van der Waals surface area contributed by atoms with Crippen LogP contribution in [-0.2, 0) is 0 Å². The average molecular weight is 661 g/mol. The molecule has 0 fully saturated rings. The smallest absolute Gasteiger partial charge is 0.0991 e. The number of hydrogen-bond acceptors (Lipinski definition) is 2. The van der Waals surface area contributed by atoms with Crippen LogP contribution >= 0.6 is 0 Å². The molecule has 51 heavy (non-hydrogen) atoms. The number of fused-ring (bicyclic) bond motifs is 4. The van der Waals surface area contributed by atoms with Gasteiger partial charge in [0, 0.05) is 56.7 Å². The van der Waals surface area contributed by atoms with Gasteiger partial charge in [-0.3, -0.25) is 0 Å². The molecule has 248 valence electrons. The van der Waals surface area contributed by atoms with Gasteiger partial charge < -0.3 is 14.0 Å². The third-order valence-corrected chi connectivity index (χ3v) is 10.3. The van der Waals surface area contributed by atoms with Gasteiger partial charge in [-0.05, 0) is 110 Å². The van der Waals surface area contributed by atoms with Crippen LogP contribution in [0.25, 0.3) is 67.0 Å². The van der Waals surface area contributed by atoms with Crippen molar-refractivity contribution in [3.8, 4) is 28.6 Å². The highest BCUT2D eigenvalue weighted by atomic mass is 15.2. The number of para-hydroxylation sites is 2. The molecule has 0 amide bonds. The van der Waals surface area contributed by atoms with Crippen molar-refractivity contribution < 1.29 is 0 Å². The molecular weight excluding hydrogens is 621 g/mol. The Hall–Kier alpha value is -6.31. The maximum atomic E-state index is 9.81. The maximum absolute atomic E-state index is 9.81. The van der Waals surface area contributed by atoms with Crippen LogP contribution in [0.5, 0.6) is 0 Å². The predicted molar refractivity (Wildman–Crippen MR) is 215 cm³/mol. The van der Waals surface area contributed by atoms with Crippen molar-refractivity contribution in [2.24, 2.45) is 0 Å². The van der Waals surface area contributed by atoms with Crippen molar-refractivity contribution in [3.63, 3.8) is 0 Å². The summed E-state index contributed by atoms with van der Waals surface area (Å²) in [7, 11) is 0. The summed E-state index contributed by atoms with van der Waals surface area (Å²) in [5.74, 6) is 0. The third kappa shape index (κ3) is 5.39. The quantitative estimate of drug-likeness (QED) is 0.152. The molecule has 0 aliphatic carbocycles. The highest BCUT2D eigenvalue weighted by Crippen LogP contribution is 2.39. The lowest BCUT2D eigenvalue weighted by Crippen LogP contribution is -2.18. The molecule has 7 aromatic rings. The van der Waals surface area contributed by atoms with Crippen molar-refractivity contribution in [3.05, 3.63) is 168 Å². The van der Waals surface area contributed by atoms with Gasteiger partial charge in [-0.15, -0.1) is 0 Å². The minimum atomic E-state index is 0.650. The van der Waals surface area contributed by atoms with E-state index in [4.69, 9.17) is 0 Å². The summed E-state index contributed by atoms with van der Waals surface area (Å²) in [5.41, 5.74) is 14.4. The van der Waals surface area contributed by atoms with Gasteiger partial charge in [0.15, 0.2) is 0 Å². The number of aromatic nitrogens is 2. The zero-order chi connectivity index (χ0) is 35.1. The molecule has 0 atom stereocenters. The molecule has 4 nitrogen and oxygen atoms in total. The second kappa shape index (κ2) is 13.2. The van der Waals surface area contributed by atoms with E-state index in [9.17, 15) is 5.26 Å². The summed E-state index contributed by atoms with van der Waals surface area (Å²) in [5, 5.41) is 13.4. The largest absolute Gasteiger partial charge is 0.345 e. The first kappa shape index (κ1) is 31.9. The molecule has 0 saturated heterocycles. The summed E-state index contributed by atoms with van der Waals surface area (Å²) in [6.45, 7) is 11.6. The molecule has 0 spiro atoms. The fourth-order valence-electron chi connectivity index (χ4n) is 7.88. The fraction of sp³-hybridized carbons (Fsp3) is 0.128. The number of allylic oxidation sites excluding steroid dienone is 4. The van der Waals surface area contributed by atoms with E-state index in [0.717, 1.165) is 64.2 Å². The average Bonchev–Trinajstić information content (AvgIpc) is 3.87. The minimum absolute atomic E-state index is 0.650. The summed E-state index contributed by atoms with van der Waals surface area (Å²) in [4.78, 5) is 2.47. The lowest BCUT2D eigenvalue weighted by Gasteiger charge is -2.26. The molecular formula is C47H40N4. The molecule has 5 aromatic carbocycles. The number of aryl methyl sites for hydroxylation is 1. The molecule has 1 aliphatic rings. The standard InChI is InChI=1S/C47H40N4/c1-5-8-17-37(6-2)49-25-14-22-44(49)36-27-35(34-16-13-15-33(26-34)31-48)28-39(29-36)51-46-21-12-10-19-41(46)42-24-23-38(30-47(42)51)50-43(7-3)32(4)40-18-9-11-20-45(40)50/h5,7-13,15-24,26-30H,3,6,14,25H2,1-2,4H3/b8-5-,37-17+. The van der Waals surface area contributed by atoms with E-state index in [-0.39, 0.29) is 0 Å². The molecule has 3 heterocycles. The van der Waals surface area contributed by atoms with Crippen molar-refractivity contribution in [2.45, 2.75) is 33.6 Å². The lowest BCUT2D eigenvalue weighted by atomic mass is 9.98. The van der Waals surface area contributed by atoms with E-state index in [1.54, 1.807) is 0 Å². The molecule has 4 heteroatoms. The Labute approximate surface area is 299 Å². The molecule has 0 bridgehead atoms. The van der Waals surface area contributed by atoms with Crippen LogP contribution in [0.15, 0.2) is 146 Å². The Morgan fingerprint density at radius 2 is 1.51 bits per heavy atom. The van der Waals surface area contributed by atoms with E-state index in [0.29, 0.717) is 5.56 Å². The van der Waals surface area contributed by atoms with Gasteiger partial charge in [0.1, 0.15) is 0 Å².